The Bertz CT molecular complexity index is 1050. The van der Waals surface area contributed by atoms with E-state index in [1.165, 1.54) is 6.07 Å². The third-order valence-corrected chi connectivity index (χ3v) is 4.10. The van der Waals surface area contributed by atoms with Crippen LogP contribution in [0.4, 0.5) is 0 Å². The van der Waals surface area contributed by atoms with Crippen LogP contribution in [0.2, 0.25) is 5.02 Å². The smallest absolute Gasteiger partial charge is 0.271 e. The van der Waals surface area contributed by atoms with Gasteiger partial charge in [-0.15, -0.1) is 5.10 Å². The van der Waals surface area contributed by atoms with E-state index in [0.717, 1.165) is 4.47 Å². The standard InChI is InChI=1S/C17H11BrClN3O3/c18-11-3-1-9(2-4-11)16(24)21-22-17-13(15(20)23)8-10-7-12(19)5-6-14(10)25-17/h1-8H,(H2,20,23)(H,21,24). The van der Waals surface area contributed by atoms with E-state index in [-0.39, 0.29) is 11.1 Å². The number of nitrogens with zero attached hydrogens (tertiary/aromatic N) is 1. The van der Waals surface area contributed by atoms with Crippen molar-refractivity contribution in [3.05, 3.63) is 74.7 Å². The van der Waals surface area contributed by atoms with Gasteiger partial charge in [-0.25, -0.2) is 5.43 Å². The highest BCUT2D eigenvalue weighted by Crippen LogP contribution is 2.18. The predicted octanol–water partition coefficient (Wildman–Crippen LogP) is 3.19. The zero-order valence-corrected chi connectivity index (χ0v) is 15.0. The molecule has 0 bridgehead atoms. The summed E-state index contributed by atoms with van der Waals surface area (Å²) in [6.45, 7) is 0. The molecule has 0 unspecified atom stereocenters. The highest BCUT2D eigenvalue weighted by Gasteiger charge is 2.11. The molecule has 0 fully saturated rings. The molecule has 0 saturated carbocycles. The highest BCUT2D eigenvalue weighted by molar-refractivity contribution is 9.10. The van der Waals surface area contributed by atoms with Crippen molar-refractivity contribution in [3.8, 4) is 0 Å². The van der Waals surface area contributed by atoms with Crippen LogP contribution in [0.25, 0.3) is 11.0 Å². The molecule has 2 aromatic carbocycles. The van der Waals surface area contributed by atoms with Crippen molar-refractivity contribution in [2.45, 2.75) is 0 Å². The molecule has 25 heavy (non-hydrogen) atoms. The van der Waals surface area contributed by atoms with E-state index in [4.69, 9.17) is 21.8 Å². The van der Waals surface area contributed by atoms with Gasteiger partial charge in [-0.3, -0.25) is 9.59 Å². The second-order valence-electron chi connectivity index (χ2n) is 5.07. The van der Waals surface area contributed by atoms with Crippen LogP contribution in [0.5, 0.6) is 0 Å². The fourth-order valence-corrected chi connectivity index (χ4v) is 2.57. The molecule has 8 heteroatoms. The number of primary amides is 1. The van der Waals surface area contributed by atoms with Crippen LogP contribution < -0.4 is 16.7 Å². The van der Waals surface area contributed by atoms with E-state index >= 15 is 0 Å². The number of halogens is 2. The topological polar surface area (TPSA) is 97.7 Å². The van der Waals surface area contributed by atoms with Crippen LogP contribution in [0.15, 0.2) is 62.5 Å². The first-order valence-corrected chi connectivity index (χ1v) is 8.24. The van der Waals surface area contributed by atoms with Crippen LogP contribution >= 0.6 is 27.5 Å². The molecule has 0 saturated heterocycles. The van der Waals surface area contributed by atoms with Gasteiger partial charge in [0.1, 0.15) is 11.1 Å². The summed E-state index contributed by atoms with van der Waals surface area (Å²) in [6.07, 6.45) is 0. The Kier molecular flexibility index (Phi) is 4.87. The third kappa shape index (κ3) is 3.89. The number of fused-ring (bicyclic) bond motifs is 1. The second kappa shape index (κ2) is 7.08. The van der Waals surface area contributed by atoms with Gasteiger partial charge in [0.15, 0.2) is 0 Å². The summed E-state index contributed by atoms with van der Waals surface area (Å²) in [5.41, 5.74) is 8.51. The first-order valence-electron chi connectivity index (χ1n) is 7.07. The zero-order chi connectivity index (χ0) is 18.0. The minimum Gasteiger partial charge on any atom is -0.436 e. The van der Waals surface area contributed by atoms with Gasteiger partial charge in [-0.1, -0.05) is 27.5 Å². The van der Waals surface area contributed by atoms with Gasteiger partial charge < -0.3 is 10.2 Å². The molecule has 126 valence electrons. The normalized spacial score (nSPS) is 11.5. The van der Waals surface area contributed by atoms with Crippen molar-refractivity contribution >= 4 is 50.3 Å². The van der Waals surface area contributed by atoms with Gasteiger partial charge in [0.25, 0.3) is 11.8 Å². The molecular formula is C17H11BrClN3O3. The quantitative estimate of drug-likeness (QED) is 0.637. The lowest BCUT2D eigenvalue weighted by molar-refractivity contribution is 0.0946. The van der Waals surface area contributed by atoms with Crippen LogP contribution in [0.1, 0.15) is 20.7 Å². The molecule has 3 rings (SSSR count). The third-order valence-electron chi connectivity index (χ3n) is 3.34. The van der Waals surface area contributed by atoms with Crippen LogP contribution in [0.3, 0.4) is 0 Å². The Morgan fingerprint density at radius 3 is 2.52 bits per heavy atom. The van der Waals surface area contributed by atoms with Gasteiger partial charge in [0.2, 0.25) is 5.55 Å². The molecule has 0 aliphatic carbocycles. The summed E-state index contributed by atoms with van der Waals surface area (Å²) >= 11 is 9.22. The number of carbonyl (C=O) groups excluding carboxylic acids is 2. The highest BCUT2D eigenvalue weighted by atomic mass is 79.9. The maximum absolute atomic E-state index is 12.1. The minimum absolute atomic E-state index is 0.0332. The maximum Gasteiger partial charge on any atom is 0.271 e. The summed E-state index contributed by atoms with van der Waals surface area (Å²) < 4.78 is 6.41. The summed E-state index contributed by atoms with van der Waals surface area (Å²) in [7, 11) is 0. The number of carbonyl (C=O) groups is 2. The summed E-state index contributed by atoms with van der Waals surface area (Å²) in [5.74, 6) is -1.18. The summed E-state index contributed by atoms with van der Waals surface area (Å²) in [4.78, 5) is 23.8. The average molecular weight is 421 g/mol. The number of rotatable bonds is 3. The van der Waals surface area contributed by atoms with Crippen molar-refractivity contribution < 1.29 is 14.0 Å². The summed E-state index contributed by atoms with van der Waals surface area (Å²) in [6, 6.07) is 13.1. The van der Waals surface area contributed by atoms with Crippen LogP contribution in [0, 0.1) is 0 Å². The van der Waals surface area contributed by atoms with Crippen molar-refractivity contribution in [1.29, 1.82) is 0 Å². The SMILES string of the molecule is NC(=O)c1cc2cc(Cl)ccc2oc1=NNC(=O)c1ccc(Br)cc1. The first kappa shape index (κ1) is 17.2. The molecule has 1 aromatic heterocycles. The van der Waals surface area contributed by atoms with E-state index in [2.05, 4.69) is 26.5 Å². The van der Waals surface area contributed by atoms with Crippen LogP contribution in [-0.4, -0.2) is 11.8 Å². The maximum atomic E-state index is 12.1. The second-order valence-corrected chi connectivity index (χ2v) is 6.42. The largest absolute Gasteiger partial charge is 0.436 e. The number of nitrogens with one attached hydrogen (secondary N) is 1. The Hall–Kier alpha value is -2.64. The molecule has 0 aliphatic heterocycles. The number of amides is 2. The molecule has 0 radical (unpaired) electrons. The zero-order valence-electron chi connectivity index (χ0n) is 12.6. The lowest BCUT2D eigenvalue weighted by Gasteiger charge is -2.03. The Labute approximate surface area is 155 Å². The van der Waals surface area contributed by atoms with E-state index in [9.17, 15) is 9.59 Å². The Morgan fingerprint density at radius 2 is 1.84 bits per heavy atom. The number of benzene rings is 2. The number of hydrogen-bond donors (Lipinski definition) is 2. The average Bonchev–Trinajstić information content (AvgIpc) is 2.59. The minimum atomic E-state index is -0.734. The molecule has 2 amide bonds. The van der Waals surface area contributed by atoms with E-state index in [0.29, 0.717) is 21.6 Å². The van der Waals surface area contributed by atoms with Crippen molar-refractivity contribution in [3.63, 3.8) is 0 Å². The molecule has 0 aliphatic rings. The summed E-state index contributed by atoms with van der Waals surface area (Å²) in [5, 5.41) is 4.98. The number of hydrogen-bond acceptors (Lipinski definition) is 4. The van der Waals surface area contributed by atoms with Gasteiger partial charge in [0.05, 0.1) is 0 Å². The van der Waals surface area contributed by atoms with Crippen LogP contribution in [-0.2, 0) is 0 Å². The van der Waals surface area contributed by atoms with Gasteiger partial charge in [0, 0.05) is 20.4 Å². The monoisotopic (exact) mass is 419 g/mol. The fraction of sp³-hybridized carbons (Fsp3) is 0. The van der Waals surface area contributed by atoms with E-state index in [1.54, 1.807) is 42.5 Å². The first-order chi connectivity index (χ1) is 11.9. The molecule has 0 atom stereocenters. The van der Waals surface area contributed by atoms with Crippen molar-refractivity contribution in [2.75, 3.05) is 0 Å². The van der Waals surface area contributed by atoms with E-state index in [1.807, 2.05) is 0 Å². The molecule has 0 spiro atoms. The Balaban J connectivity index is 2.01. The van der Waals surface area contributed by atoms with Gasteiger partial charge >= 0.3 is 0 Å². The molecular weight excluding hydrogens is 410 g/mol. The molecule has 3 N–H and O–H groups in total. The predicted molar refractivity (Wildman–Crippen MR) is 96.9 cm³/mol. The molecule has 6 nitrogen and oxygen atoms in total. The fourth-order valence-electron chi connectivity index (χ4n) is 2.13. The van der Waals surface area contributed by atoms with Crippen molar-refractivity contribution in [1.82, 2.24) is 5.43 Å². The lowest BCUT2D eigenvalue weighted by Crippen LogP contribution is -2.27. The van der Waals surface area contributed by atoms with Gasteiger partial charge in [-0.2, -0.15) is 0 Å². The van der Waals surface area contributed by atoms with Gasteiger partial charge in [-0.05, 0) is 48.5 Å². The Morgan fingerprint density at radius 1 is 1.12 bits per heavy atom. The molecule has 3 aromatic rings. The van der Waals surface area contributed by atoms with E-state index < -0.39 is 11.8 Å². The number of nitrogens with two attached hydrogens (primary N) is 1. The molecule has 1 heterocycles. The lowest BCUT2D eigenvalue weighted by atomic mass is 10.2. The van der Waals surface area contributed by atoms with Crippen molar-refractivity contribution in [2.24, 2.45) is 10.8 Å².